The molecule has 1 heterocycles. The van der Waals surface area contributed by atoms with E-state index in [4.69, 9.17) is 9.47 Å². The lowest BCUT2D eigenvalue weighted by Crippen LogP contribution is -2.16. The molecule has 0 saturated carbocycles. The Kier molecular flexibility index (Phi) is 4.48. The van der Waals surface area contributed by atoms with Crippen LogP contribution in [0.5, 0.6) is 11.5 Å². The molecule has 3 nitrogen and oxygen atoms in total. The van der Waals surface area contributed by atoms with Gasteiger partial charge in [0.2, 0.25) is 0 Å². The number of benzene rings is 1. The minimum absolute atomic E-state index is 0.228. The molecule has 0 spiro atoms. The lowest BCUT2D eigenvalue weighted by atomic mass is 9.88. The SMILES string of the molecule is CC(C)CC(CCO)c1ccc2c(c1)OCCO2. The zero-order valence-corrected chi connectivity index (χ0v) is 11.2. The highest BCUT2D eigenvalue weighted by atomic mass is 16.6. The highest BCUT2D eigenvalue weighted by Gasteiger charge is 2.17. The van der Waals surface area contributed by atoms with E-state index in [2.05, 4.69) is 26.0 Å². The third kappa shape index (κ3) is 3.16. The molecule has 0 saturated heterocycles. The number of aliphatic hydroxyl groups is 1. The van der Waals surface area contributed by atoms with Gasteiger partial charge in [-0.3, -0.25) is 0 Å². The summed E-state index contributed by atoms with van der Waals surface area (Å²) in [6, 6.07) is 6.14. The summed E-state index contributed by atoms with van der Waals surface area (Å²) < 4.78 is 11.1. The molecule has 18 heavy (non-hydrogen) atoms. The molecular weight excluding hydrogens is 228 g/mol. The summed E-state index contributed by atoms with van der Waals surface area (Å²) in [6.07, 6.45) is 1.89. The first-order valence-electron chi connectivity index (χ1n) is 6.71. The molecule has 1 N–H and O–H groups in total. The van der Waals surface area contributed by atoms with Crippen molar-refractivity contribution < 1.29 is 14.6 Å². The Bertz CT molecular complexity index is 387. The van der Waals surface area contributed by atoms with Gasteiger partial charge in [-0.2, -0.15) is 0 Å². The Labute approximate surface area is 109 Å². The van der Waals surface area contributed by atoms with Gasteiger partial charge >= 0.3 is 0 Å². The fourth-order valence-electron chi connectivity index (χ4n) is 2.46. The van der Waals surface area contributed by atoms with Gasteiger partial charge in [0.15, 0.2) is 11.5 Å². The molecular formula is C15H22O3. The van der Waals surface area contributed by atoms with Crippen molar-refractivity contribution in [3.05, 3.63) is 23.8 Å². The maximum absolute atomic E-state index is 9.19. The normalized spacial score (nSPS) is 15.8. The van der Waals surface area contributed by atoms with Crippen molar-refractivity contribution in [3.63, 3.8) is 0 Å². The van der Waals surface area contributed by atoms with Gasteiger partial charge in [-0.15, -0.1) is 0 Å². The van der Waals surface area contributed by atoms with Crippen molar-refractivity contribution in [2.75, 3.05) is 19.8 Å². The Morgan fingerprint density at radius 2 is 1.89 bits per heavy atom. The number of rotatable bonds is 5. The van der Waals surface area contributed by atoms with Crippen LogP contribution in [0.1, 0.15) is 38.2 Å². The molecule has 1 aliphatic heterocycles. The molecule has 0 aliphatic carbocycles. The fraction of sp³-hybridized carbons (Fsp3) is 0.600. The fourth-order valence-corrected chi connectivity index (χ4v) is 2.46. The standard InChI is InChI=1S/C15H22O3/c1-11(2)9-13(5-6-16)12-3-4-14-15(10-12)18-8-7-17-14/h3-4,10-11,13,16H,5-9H2,1-2H3. The Hall–Kier alpha value is -1.22. The summed E-state index contributed by atoms with van der Waals surface area (Å²) in [5.74, 6) is 2.68. The topological polar surface area (TPSA) is 38.7 Å². The summed E-state index contributed by atoms with van der Waals surface area (Å²) in [4.78, 5) is 0. The largest absolute Gasteiger partial charge is 0.486 e. The predicted molar refractivity (Wildman–Crippen MR) is 71.3 cm³/mol. The first kappa shape index (κ1) is 13.2. The molecule has 1 aliphatic rings. The second-order valence-electron chi connectivity index (χ2n) is 5.24. The third-order valence-corrected chi connectivity index (χ3v) is 3.27. The van der Waals surface area contributed by atoms with Gasteiger partial charge in [-0.25, -0.2) is 0 Å². The minimum Gasteiger partial charge on any atom is -0.486 e. The van der Waals surface area contributed by atoms with E-state index in [1.807, 2.05) is 6.07 Å². The van der Waals surface area contributed by atoms with Crippen LogP contribution in [0, 0.1) is 5.92 Å². The molecule has 0 bridgehead atoms. The van der Waals surface area contributed by atoms with Crippen molar-refractivity contribution in [2.24, 2.45) is 5.92 Å². The van der Waals surface area contributed by atoms with Gasteiger partial charge < -0.3 is 14.6 Å². The molecule has 100 valence electrons. The average molecular weight is 250 g/mol. The van der Waals surface area contributed by atoms with Crippen LogP contribution in [-0.2, 0) is 0 Å². The van der Waals surface area contributed by atoms with Crippen LogP contribution in [0.2, 0.25) is 0 Å². The molecule has 0 radical (unpaired) electrons. The van der Waals surface area contributed by atoms with Gasteiger partial charge in [0.25, 0.3) is 0 Å². The number of hydrogen-bond donors (Lipinski definition) is 1. The second-order valence-corrected chi connectivity index (χ2v) is 5.24. The van der Waals surface area contributed by atoms with E-state index in [0.29, 0.717) is 25.0 Å². The predicted octanol–water partition coefficient (Wildman–Crippen LogP) is 2.97. The van der Waals surface area contributed by atoms with Crippen molar-refractivity contribution in [1.82, 2.24) is 0 Å². The Morgan fingerprint density at radius 1 is 1.17 bits per heavy atom. The highest BCUT2D eigenvalue weighted by Crippen LogP contribution is 2.35. The lowest BCUT2D eigenvalue weighted by Gasteiger charge is -2.23. The van der Waals surface area contributed by atoms with Gasteiger partial charge in [-0.05, 0) is 42.4 Å². The number of fused-ring (bicyclic) bond motifs is 1. The average Bonchev–Trinajstić information content (AvgIpc) is 2.37. The lowest BCUT2D eigenvalue weighted by molar-refractivity contribution is 0.171. The van der Waals surface area contributed by atoms with E-state index >= 15 is 0 Å². The first-order chi connectivity index (χ1) is 8.70. The minimum atomic E-state index is 0.228. The molecule has 3 heteroatoms. The van der Waals surface area contributed by atoms with Crippen LogP contribution >= 0.6 is 0 Å². The van der Waals surface area contributed by atoms with E-state index in [9.17, 15) is 5.11 Å². The monoisotopic (exact) mass is 250 g/mol. The Balaban J connectivity index is 2.18. The molecule has 1 unspecified atom stereocenters. The van der Waals surface area contributed by atoms with Crippen LogP contribution in [0.15, 0.2) is 18.2 Å². The first-order valence-corrected chi connectivity index (χ1v) is 6.71. The molecule has 1 aromatic rings. The van der Waals surface area contributed by atoms with Crippen LogP contribution in [-0.4, -0.2) is 24.9 Å². The quantitative estimate of drug-likeness (QED) is 0.873. The van der Waals surface area contributed by atoms with Gasteiger partial charge in [0, 0.05) is 6.61 Å². The summed E-state index contributed by atoms with van der Waals surface area (Å²) in [6.45, 7) is 5.89. The number of hydrogen-bond acceptors (Lipinski definition) is 3. The van der Waals surface area contributed by atoms with E-state index in [1.165, 1.54) is 5.56 Å². The smallest absolute Gasteiger partial charge is 0.161 e. The van der Waals surface area contributed by atoms with Crippen molar-refractivity contribution in [1.29, 1.82) is 0 Å². The second kappa shape index (κ2) is 6.10. The van der Waals surface area contributed by atoms with Gasteiger partial charge in [-0.1, -0.05) is 19.9 Å². The highest BCUT2D eigenvalue weighted by molar-refractivity contribution is 5.44. The van der Waals surface area contributed by atoms with Crippen LogP contribution in [0.4, 0.5) is 0 Å². The summed E-state index contributed by atoms with van der Waals surface area (Å²) >= 11 is 0. The van der Waals surface area contributed by atoms with Crippen LogP contribution < -0.4 is 9.47 Å². The van der Waals surface area contributed by atoms with Crippen molar-refractivity contribution in [2.45, 2.75) is 32.6 Å². The zero-order valence-electron chi connectivity index (χ0n) is 11.2. The maximum atomic E-state index is 9.19. The van der Waals surface area contributed by atoms with Crippen molar-refractivity contribution in [3.8, 4) is 11.5 Å². The molecule has 0 fully saturated rings. The Morgan fingerprint density at radius 3 is 2.56 bits per heavy atom. The zero-order chi connectivity index (χ0) is 13.0. The molecule has 1 atom stereocenters. The van der Waals surface area contributed by atoms with Crippen molar-refractivity contribution >= 4 is 0 Å². The summed E-state index contributed by atoms with van der Waals surface area (Å²) in [5.41, 5.74) is 1.24. The molecule has 0 amide bonds. The van der Waals surface area contributed by atoms with Crippen LogP contribution in [0.3, 0.4) is 0 Å². The number of ether oxygens (including phenoxy) is 2. The van der Waals surface area contributed by atoms with E-state index in [1.54, 1.807) is 0 Å². The maximum Gasteiger partial charge on any atom is 0.161 e. The third-order valence-electron chi connectivity index (χ3n) is 3.27. The summed E-state index contributed by atoms with van der Waals surface area (Å²) in [7, 11) is 0. The van der Waals surface area contributed by atoms with Crippen LogP contribution in [0.25, 0.3) is 0 Å². The van der Waals surface area contributed by atoms with Gasteiger partial charge in [0.05, 0.1) is 0 Å². The number of aliphatic hydroxyl groups excluding tert-OH is 1. The van der Waals surface area contributed by atoms with E-state index in [-0.39, 0.29) is 6.61 Å². The van der Waals surface area contributed by atoms with E-state index < -0.39 is 0 Å². The molecule has 1 aromatic carbocycles. The molecule has 0 aromatic heterocycles. The molecule has 2 rings (SSSR count). The summed E-state index contributed by atoms with van der Waals surface area (Å²) in [5, 5.41) is 9.19. The van der Waals surface area contributed by atoms with Gasteiger partial charge in [0.1, 0.15) is 13.2 Å². The van der Waals surface area contributed by atoms with E-state index in [0.717, 1.165) is 24.3 Å².